The number of aliphatic hydroxyl groups is 2. The molecule has 11 nitrogen and oxygen atoms in total. The van der Waals surface area contributed by atoms with Crippen LogP contribution in [0.5, 0.6) is 0 Å². The largest absolute Gasteiger partial charge is 0.480 e. The number of allylic oxidation sites excluding steroid dienone is 7. The summed E-state index contributed by atoms with van der Waals surface area (Å²) in [7, 11) is 1.80. The molecule has 0 spiro atoms. The van der Waals surface area contributed by atoms with Gasteiger partial charge >= 0.3 is 5.97 Å². The van der Waals surface area contributed by atoms with Gasteiger partial charge < -0.3 is 29.7 Å². The topological polar surface area (TPSA) is 168 Å². The van der Waals surface area contributed by atoms with Gasteiger partial charge in [-0.3, -0.25) is 19.2 Å². The number of piperidine rings is 1. The Balaban J connectivity index is 1.38. The molecular formula is C49H77NO10. The quantitative estimate of drug-likeness (QED) is 0.0516. The number of carbonyl (C=O) groups is 5. The second-order valence-corrected chi connectivity index (χ2v) is 18.6. The van der Waals surface area contributed by atoms with Gasteiger partial charge in [0, 0.05) is 44.2 Å². The van der Waals surface area contributed by atoms with Crippen molar-refractivity contribution in [2.45, 2.75) is 181 Å². The zero-order chi connectivity index (χ0) is 44.6. The van der Waals surface area contributed by atoms with Crippen LogP contribution >= 0.6 is 0 Å². The number of likely N-dealkylation sites (tertiary alicyclic amines) is 1. The number of ketones is 3. The fourth-order valence-electron chi connectivity index (χ4n) is 9.16. The summed E-state index contributed by atoms with van der Waals surface area (Å²) in [5.41, 5.74) is 1.73. The first-order valence-corrected chi connectivity index (χ1v) is 22.8. The normalized spacial score (nSPS) is 28.3. The number of aliphatic hydroxyl groups excluding tert-OH is 1. The maximum atomic E-state index is 13.3. The fraction of sp³-hybridized carbons (Fsp3) is 0.735. The number of nitrogens with zero attached hydrogens (tertiary/aromatic N) is 1. The Morgan fingerprint density at radius 2 is 1.65 bits per heavy atom. The van der Waals surface area contributed by atoms with Crippen molar-refractivity contribution in [1.82, 2.24) is 4.90 Å². The third kappa shape index (κ3) is 15.9. The summed E-state index contributed by atoms with van der Waals surface area (Å²) >= 11 is 0. The molecule has 0 bridgehead atoms. The van der Waals surface area contributed by atoms with Crippen LogP contribution in [0.4, 0.5) is 0 Å². The summed E-state index contributed by atoms with van der Waals surface area (Å²) in [6.45, 7) is 13.7. The Morgan fingerprint density at radius 3 is 2.35 bits per heavy atom. The number of Topliss-reactive ketones (excluding diaryl/α,β-unsaturated/α-hetero) is 3. The molecule has 0 radical (unpaired) electrons. The highest BCUT2D eigenvalue weighted by Gasteiger charge is 2.52. The summed E-state index contributed by atoms with van der Waals surface area (Å²) < 4.78 is 11.5. The molecule has 1 aliphatic carbocycles. The molecule has 60 heavy (non-hydrogen) atoms. The number of methoxy groups -OCH3 is 1. The average molecular weight is 840 g/mol. The van der Waals surface area contributed by atoms with E-state index in [2.05, 4.69) is 13.8 Å². The van der Waals surface area contributed by atoms with Crippen LogP contribution in [0.3, 0.4) is 0 Å². The standard InChI is InChI=1S/C49H77NO10/c1-32(20-23-40-24-22-38(7)49(58,60-40)46(54)47(55)50-26-13-12-19-42(50)48(56)57)15-10-9-11-16-33(2)27-35(4)44(52)31-45(53)37(6)29-36(5)43(51)25-21-34(3)28-39-17-14-18-41(30-39)59-8/h9-11,15-16,29,33-36,38-42,45,53,58H,12-14,17-28,30-31H2,1-8H3,(H,56,57)/b10-9+,16-11+,32-15+,37-29+/t33-,34+,35?,36-,38?,39?,40-,41?,42?,45?,49-/m1/s1. The molecule has 11 heteroatoms. The van der Waals surface area contributed by atoms with Crippen molar-refractivity contribution in [3.63, 3.8) is 0 Å². The lowest BCUT2D eigenvalue weighted by Gasteiger charge is -2.42. The van der Waals surface area contributed by atoms with E-state index in [9.17, 15) is 39.3 Å². The van der Waals surface area contributed by atoms with Crippen molar-refractivity contribution in [3.05, 3.63) is 47.6 Å². The number of carboxylic acid groups (broad SMARTS) is 1. The third-order valence-corrected chi connectivity index (χ3v) is 13.3. The van der Waals surface area contributed by atoms with Crippen LogP contribution in [-0.4, -0.2) is 93.2 Å². The molecule has 0 aromatic heterocycles. The lowest BCUT2D eigenvalue weighted by Crippen LogP contribution is -2.60. The van der Waals surface area contributed by atoms with E-state index >= 15 is 0 Å². The number of carboxylic acids is 1. The molecule has 3 aliphatic rings. The molecule has 1 amide bonds. The Bertz CT molecular complexity index is 1560. The lowest BCUT2D eigenvalue weighted by molar-refractivity contribution is -0.263. The molecule has 2 heterocycles. The highest BCUT2D eigenvalue weighted by Crippen LogP contribution is 2.36. The van der Waals surface area contributed by atoms with Crippen molar-refractivity contribution in [3.8, 4) is 0 Å². The van der Waals surface area contributed by atoms with E-state index in [1.165, 1.54) is 12.8 Å². The van der Waals surface area contributed by atoms with Crippen molar-refractivity contribution in [1.29, 1.82) is 0 Å². The van der Waals surface area contributed by atoms with E-state index < -0.39 is 47.6 Å². The van der Waals surface area contributed by atoms with Gasteiger partial charge in [-0.2, -0.15) is 0 Å². The van der Waals surface area contributed by atoms with Crippen molar-refractivity contribution in [2.75, 3.05) is 13.7 Å². The smallest absolute Gasteiger partial charge is 0.326 e. The summed E-state index contributed by atoms with van der Waals surface area (Å²) in [6, 6.07) is -1.08. The first kappa shape index (κ1) is 51.1. The zero-order valence-corrected chi connectivity index (χ0v) is 37.9. The van der Waals surface area contributed by atoms with Crippen LogP contribution in [0.1, 0.15) is 151 Å². The highest BCUT2D eigenvalue weighted by molar-refractivity contribution is 6.39. The number of carbonyl (C=O) groups excluding carboxylic acids is 4. The molecule has 0 aromatic carbocycles. The van der Waals surface area contributed by atoms with Crippen LogP contribution < -0.4 is 0 Å². The van der Waals surface area contributed by atoms with Gasteiger partial charge in [0.15, 0.2) is 0 Å². The predicted octanol–water partition coefficient (Wildman–Crippen LogP) is 8.51. The Kier molecular flexibility index (Phi) is 21.3. The molecule has 3 N–H and O–H groups in total. The number of ether oxygens (including phenoxy) is 2. The van der Waals surface area contributed by atoms with E-state index in [1.54, 1.807) is 21.0 Å². The van der Waals surface area contributed by atoms with E-state index in [0.29, 0.717) is 74.9 Å². The molecule has 11 atom stereocenters. The van der Waals surface area contributed by atoms with Gasteiger partial charge in [-0.15, -0.1) is 0 Å². The first-order valence-electron chi connectivity index (χ1n) is 22.8. The second kappa shape index (κ2) is 25.0. The number of hydrogen-bond acceptors (Lipinski definition) is 9. The van der Waals surface area contributed by atoms with Crippen LogP contribution in [0.15, 0.2) is 47.6 Å². The highest BCUT2D eigenvalue weighted by atomic mass is 16.6. The van der Waals surface area contributed by atoms with Gasteiger partial charge in [-0.1, -0.05) is 89.5 Å². The number of hydrogen-bond donors (Lipinski definition) is 3. The molecule has 1 saturated carbocycles. The van der Waals surface area contributed by atoms with Gasteiger partial charge in [0.2, 0.25) is 5.79 Å². The maximum Gasteiger partial charge on any atom is 0.326 e. The minimum Gasteiger partial charge on any atom is -0.480 e. The average Bonchev–Trinajstić information content (AvgIpc) is 3.22. The molecule has 2 aliphatic heterocycles. The Morgan fingerprint density at radius 1 is 0.917 bits per heavy atom. The summed E-state index contributed by atoms with van der Waals surface area (Å²) in [6.07, 6.45) is 22.4. The second-order valence-electron chi connectivity index (χ2n) is 18.6. The fourth-order valence-corrected chi connectivity index (χ4v) is 9.16. The molecule has 338 valence electrons. The molecule has 6 unspecified atom stereocenters. The van der Waals surface area contributed by atoms with Crippen LogP contribution in [0, 0.1) is 35.5 Å². The molecule has 2 saturated heterocycles. The summed E-state index contributed by atoms with van der Waals surface area (Å²) in [5.74, 6) is -5.24. The van der Waals surface area contributed by atoms with Crippen molar-refractivity contribution in [2.24, 2.45) is 35.5 Å². The molecular weight excluding hydrogens is 763 g/mol. The SMILES string of the molecule is COC1CCCC(C[C@@H](C)CCC(=O)[C@H](C)/C=C(\C)C(O)CC(=O)C(C)C[C@H](C)/C=C/C=C/C=C(\C)CC[C@@H]2CCC(C)[C@](O)(C(=O)C(=O)N3CCCCC3C(=O)O)O2)C1. The molecule has 3 rings (SSSR count). The number of rotatable bonds is 23. The van der Waals surface area contributed by atoms with Gasteiger partial charge in [0.05, 0.1) is 18.3 Å². The zero-order valence-electron chi connectivity index (χ0n) is 37.9. The first-order chi connectivity index (χ1) is 28.4. The lowest BCUT2D eigenvalue weighted by atomic mass is 9.80. The minimum atomic E-state index is -2.29. The minimum absolute atomic E-state index is 0.00420. The van der Waals surface area contributed by atoms with Crippen molar-refractivity contribution < 1.29 is 48.8 Å². The van der Waals surface area contributed by atoms with E-state index in [4.69, 9.17) is 9.47 Å². The van der Waals surface area contributed by atoms with E-state index in [0.717, 1.165) is 36.2 Å². The van der Waals surface area contributed by atoms with Crippen LogP contribution in [0.25, 0.3) is 0 Å². The van der Waals surface area contributed by atoms with Gasteiger partial charge in [0.25, 0.3) is 11.7 Å². The van der Waals surface area contributed by atoms with Crippen LogP contribution in [-0.2, 0) is 33.4 Å². The van der Waals surface area contributed by atoms with E-state index in [-0.39, 0.29) is 48.7 Å². The Hall–Kier alpha value is -3.25. The van der Waals surface area contributed by atoms with E-state index in [1.807, 2.05) is 57.2 Å². The third-order valence-electron chi connectivity index (χ3n) is 13.3. The molecule has 0 aromatic rings. The number of aliphatic carboxylic acids is 1. The number of amides is 1. The van der Waals surface area contributed by atoms with Gasteiger partial charge in [-0.25, -0.2) is 4.79 Å². The monoisotopic (exact) mass is 840 g/mol. The summed E-state index contributed by atoms with van der Waals surface area (Å²) in [4.78, 5) is 65.2. The maximum absolute atomic E-state index is 13.3. The Labute approximate surface area is 360 Å². The summed E-state index contributed by atoms with van der Waals surface area (Å²) in [5, 5.41) is 31.7. The van der Waals surface area contributed by atoms with Gasteiger partial charge in [-0.05, 0) is 114 Å². The predicted molar refractivity (Wildman–Crippen MR) is 234 cm³/mol. The van der Waals surface area contributed by atoms with Crippen molar-refractivity contribution >= 4 is 29.2 Å². The van der Waals surface area contributed by atoms with Crippen LogP contribution in [0.2, 0.25) is 0 Å². The van der Waals surface area contributed by atoms with Gasteiger partial charge in [0.1, 0.15) is 17.6 Å². The molecule has 3 fully saturated rings.